The fourth-order valence-corrected chi connectivity index (χ4v) is 10.6. The van der Waals surface area contributed by atoms with Gasteiger partial charge in [0, 0.05) is 45.3 Å². The average Bonchev–Trinajstić information content (AvgIpc) is 3.79. The minimum absolute atomic E-state index is 0.831. The molecular formula is C50H40N6. The minimum Gasteiger partial charge on any atom is -0.295 e. The van der Waals surface area contributed by atoms with Gasteiger partial charge in [0.2, 0.25) is 0 Å². The van der Waals surface area contributed by atoms with Gasteiger partial charge in [-0.05, 0) is 146 Å². The van der Waals surface area contributed by atoms with E-state index in [-0.39, 0.29) is 0 Å². The maximum absolute atomic E-state index is 5.51. The Morgan fingerprint density at radius 1 is 0.482 bits per heavy atom. The first-order valence-electron chi connectivity index (χ1n) is 20.0. The molecule has 0 amide bonds. The van der Waals surface area contributed by atoms with Crippen LogP contribution in [0.1, 0.15) is 56.2 Å². The van der Waals surface area contributed by atoms with Gasteiger partial charge in [-0.25, -0.2) is 9.97 Å². The van der Waals surface area contributed by atoms with Crippen molar-refractivity contribution in [3.63, 3.8) is 0 Å². The normalized spacial score (nSPS) is 13.6. The number of nitrogens with zero attached hydrogens (tertiary/aromatic N) is 6. The van der Waals surface area contributed by atoms with E-state index in [2.05, 4.69) is 121 Å². The maximum Gasteiger partial charge on any atom is 0.147 e. The molecule has 12 rings (SSSR count). The molecule has 6 aromatic heterocycles. The van der Waals surface area contributed by atoms with Gasteiger partial charge in [-0.2, -0.15) is 0 Å². The Hall–Kier alpha value is -6.40. The van der Waals surface area contributed by atoms with Crippen molar-refractivity contribution in [1.29, 1.82) is 0 Å². The largest absolute Gasteiger partial charge is 0.295 e. The van der Waals surface area contributed by atoms with Gasteiger partial charge in [-0.1, -0.05) is 60.7 Å². The Labute approximate surface area is 324 Å². The summed E-state index contributed by atoms with van der Waals surface area (Å²) >= 11 is 0. The predicted molar refractivity (Wildman–Crippen MR) is 228 cm³/mol. The zero-order valence-electron chi connectivity index (χ0n) is 32.2. The summed E-state index contributed by atoms with van der Waals surface area (Å²) in [6.07, 6.45) is 9.45. The fraction of sp³-hybridized carbons (Fsp3) is 0.200. The van der Waals surface area contributed by atoms with Crippen molar-refractivity contribution in [1.82, 2.24) is 28.7 Å². The maximum atomic E-state index is 5.51. The summed E-state index contributed by atoms with van der Waals surface area (Å²) in [5.74, 6) is 0. The van der Waals surface area contributed by atoms with E-state index in [0.29, 0.717) is 0 Å². The first kappa shape index (κ1) is 31.9. The van der Waals surface area contributed by atoms with Crippen molar-refractivity contribution >= 4 is 54.9 Å². The van der Waals surface area contributed by atoms with E-state index in [4.69, 9.17) is 19.9 Å². The molecule has 0 aliphatic carbocycles. The van der Waals surface area contributed by atoms with Gasteiger partial charge in [0.15, 0.2) is 0 Å². The third-order valence-corrected chi connectivity index (χ3v) is 13.0. The first-order valence-corrected chi connectivity index (χ1v) is 20.0. The number of imidazole rings is 2. The Bertz CT molecular complexity index is 3100. The van der Waals surface area contributed by atoms with Gasteiger partial charge in [0.1, 0.15) is 11.3 Å². The van der Waals surface area contributed by atoms with E-state index in [0.717, 1.165) is 71.6 Å². The van der Waals surface area contributed by atoms with Crippen LogP contribution in [0.5, 0.6) is 0 Å². The molecule has 0 saturated heterocycles. The van der Waals surface area contributed by atoms with Crippen LogP contribution in [-0.2, 0) is 38.5 Å². The van der Waals surface area contributed by atoms with E-state index in [1.165, 1.54) is 100 Å². The molecule has 6 heteroatoms. The molecule has 10 aromatic rings. The summed E-state index contributed by atoms with van der Waals surface area (Å²) in [6, 6.07) is 31.1. The molecule has 56 heavy (non-hydrogen) atoms. The summed E-state index contributed by atoms with van der Waals surface area (Å²) < 4.78 is 4.98. The van der Waals surface area contributed by atoms with E-state index in [9.17, 15) is 0 Å². The lowest BCUT2D eigenvalue weighted by Crippen LogP contribution is -2.11. The summed E-state index contributed by atoms with van der Waals surface area (Å²) in [5.41, 5.74) is 24.7. The monoisotopic (exact) mass is 724 g/mol. The fourth-order valence-electron chi connectivity index (χ4n) is 10.6. The van der Waals surface area contributed by atoms with E-state index >= 15 is 0 Å². The Kier molecular flexibility index (Phi) is 6.59. The first-order chi connectivity index (χ1) is 27.5. The number of pyridine rings is 4. The van der Waals surface area contributed by atoms with Crippen LogP contribution in [0.3, 0.4) is 0 Å². The third-order valence-electron chi connectivity index (χ3n) is 13.0. The summed E-state index contributed by atoms with van der Waals surface area (Å²) in [6.45, 7) is 8.90. The van der Waals surface area contributed by atoms with Gasteiger partial charge >= 0.3 is 0 Å². The second-order valence-corrected chi connectivity index (χ2v) is 16.2. The van der Waals surface area contributed by atoms with Gasteiger partial charge in [-0.15, -0.1) is 0 Å². The number of hydrogen-bond donors (Lipinski definition) is 0. The van der Waals surface area contributed by atoms with Crippen LogP contribution in [0.25, 0.3) is 77.2 Å². The molecule has 2 aliphatic heterocycles. The Morgan fingerprint density at radius 2 is 0.911 bits per heavy atom. The molecule has 0 unspecified atom stereocenters. The number of benzene rings is 4. The number of rotatable bonds is 5. The SMILES string of the molecule is Cc1cccc(C)c1-c1ccc2c3c1c1ncccc1c1nc(CCc4nc5c6cccnc6c6c(-c7c(C)cccc7C)ccc7c6n5c4CC7)c(n13)CC2. The summed E-state index contributed by atoms with van der Waals surface area (Å²) in [7, 11) is 0. The number of aryl methyl sites for hydroxylation is 10. The average molecular weight is 725 g/mol. The molecule has 4 aromatic carbocycles. The molecule has 270 valence electrons. The summed E-state index contributed by atoms with van der Waals surface area (Å²) in [4.78, 5) is 21.2. The highest BCUT2D eigenvalue weighted by atomic mass is 15.1. The van der Waals surface area contributed by atoms with Crippen LogP contribution in [0.15, 0.2) is 97.3 Å². The molecular weight excluding hydrogens is 685 g/mol. The second-order valence-electron chi connectivity index (χ2n) is 16.2. The number of fused-ring (bicyclic) bond motifs is 6. The third kappa shape index (κ3) is 4.21. The molecule has 6 nitrogen and oxygen atoms in total. The van der Waals surface area contributed by atoms with E-state index < -0.39 is 0 Å². The highest BCUT2D eigenvalue weighted by Gasteiger charge is 2.29. The van der Waals surface area contributed by atoms with E-state index in [1.54, 1.807) is 0 Å². The molecule has 0 saturated carbocycles. The Morgan fingerprint density at radius 3 is 1.34 bits per heavy atom. The Balaban J connectivity index is 1.06. The van der Waals surface area contributed by atoms with Crippen molar-refractivity contribution in [2.75, 3.05) is 0 Å². The standard InChI is InChI=1S/C50H40N6/c1-27-9-5-10-28(2)41(27)33-19-15-31-17-23-39-37(53-49-35-13-7-25-51-45(35)43(33)47(31)55(39)49)21-22-38-40-24-18-32-16-20-34(42-29(3)11-6-12-30(42)4)44-46-36(14-8-26-52-46)50(54-38)56(40)48(32)44/h5-16,19-20,25-26H,17-18,21-24H2,1-4H3. The van der Waals surface area contributed by atoms with Gasteiger partial charge in [0.05, 0.1) is 33.5 Å². The molecule has 8 heterocycles. The molecule has 0 fully saturated rings. The smallest absolute Gasteiger partial charge is 0.147 e. The van der Waals surface area contributed by atoms with Gasteiger partial charge in [-0.3, -0.25) is 18.8 Å². The van der Waals surface area contributed by atoms with Crippen molar-refractivity contribution < 1.29 is 0 Å². The van der Waals surface area contributed by atoms with Gasteiger partial charge < -0.3 is 0 Å². The highest BCUT2D eigenvalue weighted by Crippen LogP contribution is 2.44. The lowest BCUT2D eigenvalue weighted by atomic mass is 9.88. The molecule has 0 radical (unpaired) electrons. The number of aromatic nitrogens is 6. The zero-order valence-corrected chi connectivity index (χ0v) is 32.2. The quantitative estimate of drug-likeness (QED) is 0.166. The van der Waals surface area contributed by atoms with Crippen LogP contribution in [0, 0.1) is 27.7 Å². The highest BCUT2D eigenvalue weighted by molar-refractivity contribution is 6.18. The summed E-state index contributed by atoms with van der Waals surface area (Å²) in [5, 5.41) is 4.70. The van der Waals surface area contributed by atoms with Crippen LogP contribution >= 0.6 is 0 Å². The molecule has 0 spiro atoms. The predicted octanol–water partition coefficient (Wildman–Crippen LogP) is 10.9. The minimum atomic E-state index is 0.831. The molecule has 0 atom stereocenters. The van der Waals surface area contributed by atoms with E-state index in [1.807, 2.05) is 12.4 Å². The molecule has 2 aliphatic rings. The van der Waals surface area contributed by atoms with Crippen LogP contribution in [0.4, 0.5) is 0 Å². The van der Waals surface area contributed by atoms with Crippen molar-refractivity contribution in [3.05, 3.63) is 153 Å². The molecule has 0 N–H and O–H groups in total. The van der Waals surface area contributed by atoms with Crippen molar-refractivity contribution in [2.24, 2.45) is 0 Å². The second kappa shape index (κ2) is 11.6. The van der Waals surface area contributed by atoms with Crippen molar-refractivity contribution in [2.45, 2.75) is 66.2 Å². The van der Waals surface area contributed by atoms with Crippen LogP contribution in [-0.4, -0.2) is 28.7 Å². The molecule has 0 bridgehead atoms. The van der Waals surface area contributed by atoms with Crippen molar-refractivity contribution in [3.8, 4) is 22.3 Å². The van der Waals surface area contributed by atoms with Gasteiger partial charge in [0.25, 0.3) is 0 Å². The lowest BCUT2D eigenvalue weighted by Gasteiger charge is -2.22. The number of hydrogen-bond acceptors (Lipinski definition) is 4. The van der Waals surface area contributed by atoms with Crippen LogP contribution in [0.2, 0.25) is 0 Å². The zero-order chi connectivity index (χ0) is 37.4. The topological polar surface area (TPSA) is 60.4 Å². The lowest BCUT2D eigenvalue weighted by molar-refractivity contribution is 0.803. The van der Waals surface area contributed by atoms with Crippen LogP contribution < -0.4 is 0 Å².